The minimum atomic E-state index is -0.176. The number of benzene rings is 1. The lowest BCUT2D eigenvalue weighted by Crippen LogP contribution is -2.32. The molecule has 0 spiro atoms. The number of carbonyl (C=O) groups is 1. The zero-order chi connectivity index (χ0) is 14.9. The first-order valence-corrected chi connectivity index (χ1v) is 7.49. The van der Waals surface area contributed by atoms with Crippen molar-refractivity contribution in [2.24, 2.45) is 0 Å². The summed E-state index contributed by atoms with van der Waals surface area (Å²) in [5.74, 6) is 0.836. The van der Waals surface area contributed by atoms with E-state index in [0.29, 0.717) is 26.0 Å². The van der Waals surface area contributed by atoms with Crippen molar-refractivity contribution in [3.63, 3.8) is 0 Å². The molecule has 0 aliphatic carbocycles. The van der Waals surface area contributed by atoms with E-state index in [4.69, 9.17) is 14.2 Å². The maximum Gasteiger partial charge on any atom is 0.224 e. The SMILES string of the molecule is CCOc1ccc(CC(=O)NCCC2OCCCO2)cc1. The Hall–Kier alpha value is -1.59. The van der Waals surface area contributed by atoms with E-state index >= 15 is 0 Å². The second-order valence-electron chi connectivity index (χ2n) is 4.92. The van der Waals surface area contributed by atoms with Crippen molar-refractivity contribution < 1.29 is 19.0 Å². The van der Waals surface area contributed by atoms with Gasteiger partial charge in [-0.05, 0) is 31.0 Å². The van der Waals surface area contributed by atoms with Gasteiger partial charge in [-0.2, -0.15) is 0 Å². The first-order valence-electron chi connectivity index (χ1n) is 7.49. The summed E-state index contributed by atoms with van der Waals surface area (Å²) < 4.78 is 16.2. The van der Waals surface area contributed by atoms with E-state index in [1.807, 2.05) is 31.2 Å². The smallest absolute Gasteiger partial charge is 0.224 e. The third kappa shape index (κ3) is 5.73. The molecule has 5 nitrogen and oxygen atoms in total. The van der Waals surface area contributed by atoms with Gasteiger partial charge in [0.15, 0.2) is 6.29 Å². The molecule has 0 saturated carbocycles. The Bertz CT molecular complexity index is 426. The first kappa shape index (κ1) is 15.8. The van der Waals surface area contributed by atoms with Crippen molar-refractivity contribution in [3.8, 4) is 5.75 Å². The molecule has 0 atom stereocenters. The highest BCUT2D eigenvalue weighted by Crippen LogP contribution is 2.12. The van der Waals surface area contributed by atoms with Crippen molar-refractivity contribution in [1.82, 2.24) is 5.32 Å². The molecule has 1 aromatic carbocycles. The molecule has 1 aliphatic rings. The highest BCUT2D eigenvalue weighted by Gasteiger charge is 2.14. The number of ether oxygens (including phenoxy) is 3. The quantitative estimate of drug-likeness (QED) is 0.834. The summed E-state index contributed by atoms with van der Waals surface area (Å²) in [5, 5.41) is 2.89. The predicted octanol–water partition coefficient (Wildman–Crippen LogP) is 1.90. The van der Waals surface area contributed by atoms with Crippen LogP contribution >= 0.6 is 0 Å². The molecule has 0 aromatic heterocycles. The number of hydrogen-bond donors (Lipinski definition) is 1. The fourth-order valence-corrected chi connectivity index (χ4v) is 2.15. The minimum Gasteiger partial charge on any atom is -0.494 e. The Labute approximate surface area is 125 Å². The Morgan fingerprint density at radius 2 is 2.00 bits per heavy atom. The Kier molecular flexibility index (Phi) is 6.50. The van der Waals surface area contributed by atoms with Crippen LogP contribution in [0.3, 0.4) is 0 Å². The van der Waals surface area contributed by atoms with E-state index in [2.05, 4.69) is 5.32 Å². The van der Waals surface area contributed by atoms with E-state index in [1.54, 1.807) is 0 Å². The van der Waals surface area contributed by atoms with Gasteiger partial charge in [0, 0.05) is 13.0 Å². The standard InChI is InChI=1S/C16H23NO4/c1-2-19-14-6-4-13(5-7-14)12-15(18)17-9-8-16-20-10-3-11-21-16/h4-7,16H,2-3,8-12H2,1H3,(H,17,18). The van der Waals surface area contributed by atoms with E-state index < -0.39 is 0 Å². The number of hydrogen-bond acceptors (Lipinski definition) is 4. The zero-order valence-corrected chi connectivity index (χ0v) is 12.5. The van der Waals surface area contributed by atoms with Crippen LogP contribution in [0, 0.1) is 0 Å². The van der Waals surface area contributed by atoms with Crippen LogP contribution in [-0.2, 0) is 20.7 Å². The molecule has 1 aromatic rings. The van der Waals surface area contributed by atoms with Gasteiger partial charge < -0.3 is 19.5 Å². The molecular formula is C16H23NO4. The molecule has 2 rings (SSSR count). The molecule has 0 unspecified atom stereocenters. The number of rotatable bonds is 7. The Balaban J connectivity index is 1.66. The van der Waals surface area contributed by atoms with Crippen LogP contribution in [-0.4, -0.2) is 38.6 Å². The van der Waals surface area contributed by atoms with Gasteiger partial charge in [0.1, 0.15) is 5.75 Å². The van der Waals surface area contributed by atoms with Crippen LogP contribution in [0.5, 0.6) is 5.75 Å². The van der Waals surface area contributed by atoms with Crippen molar-refractivity contribution in [2.75, 3.05) is 26.4 Å². The molecule has 1 saturated heterocycles. The van der Waals surface area contributed by atoms with Gasteiger partial charge in [-0.15, -0.1) is 0 Å². The monoisotopic (exact) mass is 293 g/mol. The van der Waals surface area contributed by atoms with E-state index in [9.17, 15) is 4.79 Å². The summed E-state index contributed by atoms with van der Waals surface area (Å²) in [6, 6.07) is 7.60. The van der Waals surface area contributed by atoms with Crippen LogP contribution < -0.4 is 10.1 Å². The Morgan fingerprint density at radius 1 is 1.29 bits per heavy atom. The lowest BCUT2D eigenvalue weighted by Gasteiger charge is -2.23. The second kappa shape index (κ2) is 8.64. The molecule has 1 amide bonds. The van der Waals surface area contributed by atoms with Gasteiger partial charge in [0.25, 0.3) is 0 Å². The predicted molar refractivity (Wildman–Crippen MR) is 79.3 cm³/mol. The van der Waals surface area contributed by atoms with Gasteiger partial charge in [-0.1, -0.05) is 12.1 Å². The van der Waals surface area contributed by atoms with Crippen molar-refractivity contribution in [3.05, 3.63) is 29.8 Å². The van der Waals surface area contributed by atoms with Crippen LogP contribution in [0.15, 0.2) is 24.3 Å². The molecule has 1 heterocycles. The molecule has 1 N–H and O–H groups in total. The maximum atomic E-state index is 11.8. The number of carbonyl (C=O) groups excluding carboxylic acids is 1. The van der Waals surface area contributed by atoms with Crippen molar-refractivity contribution >= 4 is 5.91 Å². The molecule has 0 bridgehead atoms. The van der Waals surface area contributed by atoms with Crippen LogP contribution in [0.1, 0.15) is 25.3 Å². The largest absolute Gasteiger partial charge is 0.494 e. The Morgan fingerprint density at radius 3 is 2.67 bits per heavy atom. The summed E-state index contributed by atoms with van der Waals surface area (Å²) in [4.78, 5) is 11.8. The van der Waals surface area contributed by atoms with Gasteiger partial charge in [-0.3, -0.25) is 4.79 Å². The van der Waals surface area contributed by atoms with Gasteiger partial charge in [0.05, 0.1) is 26.2 Å². The topological polar surface area (TPSA) is 56.8 Å². The number of amides is 1. The molecule has 0 radical (unpaired) electrons. The zero-order valence-electron chi connectivity index (χ0n) is 12.5. The number of nitrogens with one attached hydrogen (secondary N) is 1. The third-order valence-electron chi connectivity index (χ3n) is 3.20. The highest BCUT2D eigenvalue weighted by molar-refractivity contribution is 5.78. The molecule has 116 valence electrons. The van der Waals surface area contributed by atoms with Crippen molar-refractivity contribution in [2.45, 2.75) is 32.5 Å². The van der Waals surface area contributed by atoms with E-state index in [-0.39, 0.29) is 12.2 Å². The lowest BCUT2D eigenvalue weighted by molar-refractivity contribution is -0.180. The van der Waals surface area contributed by atoms with E-state index in [1.165, 1.54) is 0 Å². The van der Waals surface area contributed by atoms with E-state index in [0.717, 1.165) is 30.9 Å². The normalized spacial score (nSPS) is 15.7. The fourth-order valence-electron chi connectivity index (χ4n) is 2.15. The molecule has 1 aliphatic heterocycles. The fraction of sp³-hybridized carbons (Fsp3) is 0.562. The average Bonchev–Trinajstić information content (AvgIpc) is 2.51. The summed E-state index contributed by atoms with van der Waals surface area (Å²) in [6.07, 6.45) is 1.83. The molecule has 1 fully saturated rings. The summed E-state index contributed by atoms with van der Waals surface area (Å²) in [6.45, 7) is 4.64. The summed E-state index contributed by atoms with van der Waals surface area (Å²) in [5.41, 5.74) is 0.973. The summed E-state index contributed by atoms with van der Waals surface area (Å²) in [7, 11) is 0. The van der Waals surface area contributed by atoms with Gasteiger partial charge in [-0.25, -0.2) is 0 Å². The van der Waals surface area contributed by atoms with Gasteiger partial charge >= 0.3 is 0 Å². The van der Waals surface area contributed by atoms with Crippen LogP contribution in [0.4, 0.5) is 0 Å². The second-order valence-corrected chi connectivity index (χ2v) is 4.92. The van der Waals surface area contributed by atoms with Crippen molar-refractivity contribution in [1.29, 1.82) is 0 Å². The van der Waals surface area contributed by atoms with Crippen LogP contribution in [0.2, 0.25) is 0 Å². The first-order chi connectivity index (χ1) is 10.3. The third-order valence-corrected chi connectivity index (χ3v) is 3.20. The van der Waals surface area contributed by atoms with Gasteiger partial charge in [0.2, 0.25) is 5.91 Å². The molecule has 5 heteroatoms. The molecule has 21 heavy (non-hydrogen) atoms. The average molecular weight is 293 g/mol. The highest BCUT2D eigenvalue weighted by atomic mass is 16.7. The maximum absolute atomic E-state index is 11.8. The van der Waals surface area contributed by atoms with Crippen LogP contribution in [0.25, 0.3) is 0 Å². The molecular weight excluding hydrogens is 270 g/mol. The minimum absolute atomic E-state index is 0.00923. The summed E-state index contributed by atoms with van der Waals surface area (Å²) >= 11 is 0. The lowest BCUT2D eigenvalue weighted by atomic mass is 10.1.